The van der Waals surface area contributed by atoms with Crippen LogP contribution in [0.5, 0.6) is 0 Å². The van der Waals surface area contributed by atoms with Gasteiger partial charge < -0.3 is 25.6 Å². The second-order valence-corrected chi connectivity index (χ2v) is 8.88. The second kappa shape index (κ2) is 8.24. The van der Waals surface area contributed by atoms with Crippen LogP contribution in [0, 0.1) is 0 Å². The Morgan fingerprint density at radius 1 is 1.26 bits per heavy atom. The predicted molar refractivity (Wildman–Crippen MR) is 128 cm³/mol. The summed E-state index contributed by atoms with van der Waals surface area (Å²) in [6.07, 6.45) is 4.18. The molecule has 166 valence electrons. The number of benzene rings is 2. The Hall–Kier alpha value is -2.44. The van der Waals surface area contributed by atoms with Gasteiger partial charge in [0.2, 0.25) is 0 Å². The first-order chi connectivity index (χ1) is 14.5. The zero-order valence-corrected chi connectivity index (χ0v) is 19.2. The number of rotatable bonds is 4. The van der Waals surface area contributed by atoms with Crippen LogP contribution in [0.4, 0.5) is 17.1 Å². The Labute approximate surface area is 190 Å². The van der Waals surface area contributed by atoms with E-state index in [4.69, 9.17) is 4.74 Å². The Kier molecular flexibility index (Phi) is 5.79. The third-order valence-corrected chi connectivity index (χ3v) is 6.98. The first-order valence-electron chi connectivity index (χ1n) is 10.8. The number of nitrogens with zero attached hydrogens (tertiary/aromatic N) is 1. The zero-order chi connectivity index (χ0) is 20.9. The number of amides is 1. The van der Waals surface area contributed by atoms with Gasteiger partial charge in [-0.05, 0) is 55.4 Å². The number of hydrogen-bond donors (Lipinski definition) is 3. The van der Waals surface area contributed by atoms with E-state index in [2.05, 4.69) is 65.2 Å². The van der Waals surface area contributed by atoms with Crippen molar-refractivity contribution in [2.24, 2.45) is 0 Å². The third kappa shape index (κ3) is 3.62. The average Bonchev–Trinajstić information content (AvgIpc) is 3.24. The van der Waals surface area contributed by atoms with Gasteiger partial charge in [0, 0.05) is 31.8 Å². The molecule has 6 nitrogen and oxygen atoms in total. The highest BCUT2D eigenvalue weighted by atomic mass is 35.5. The van der Waals surface area contributed by atoms with Crippen molar-refractivity contribution < 1.29 is 9.53 Å². The van der Waals surface area contributed by atoms with Gasteiger partial charge in [0.25, 0.3) is 5.91 Å². The number of ether oxygens (including phenoxy) is 1. The number of halogens is 1. The zero-order valence-electron chi connectivity index (χ0n) is 18.4. The first kappa shape index (κ1) is 21.8. The standard InChI is InChI=1S/C24H30N4O2.ClH/c1-15-26-22-20(28(15)2)12-19(23(29)25-10-11-30-3)18-8-9-24(27-21(18)22)13-16-6-4-5-7-17(16)14-24;/h4-7,12,15,26-27H,8-11,13-14H2,1-3H3,(H,25,29);1H. The summed E-state index contributed by atoms with van der Waals surface area (Å²) in [6, 6.07) is 10.8. The van der Waals surface area contributed by atoms with Crippen molar-refractivity contribution in [1.82, 2.24) is 5.32 Å². The molecule has 0 bridgehead atoms. The lowest BCUT2D eigenvalue weighted by Gasteiger charge is -2.38. The highest BCUT2D eigenvalue weighted by Crippen LogP contribution is 2.49. The average molecular weight is 443 g/mol. The summed E-state index contributed by atoms with van der Waals surface area (Å²) in [4.78, 5) is 15.2. The maximum absolute atomic E-state index is 13.0. The fourth-order valence-electron chi connectivity index (χ4n) is 5.26. The van der Waals surface area contributed by atoms with Crippen molar-refractivity contribution in [3.8, 4) is 0 Å². The van der Waals surface area contributed by atoms with Crippen molar-refractivity contribution >= 4 is 35.4 Å². The Balaban J connectivity index is 0.00000231. The molecule has 1 amide bonds. The van der Waals surface area contributed by atoms with E-state index >= 15 is 0 Å². The minimum atomic E-state index is -0.0217. The molecule has 1 atom stereocenters. The summed E-state index contributed by atoms with van der Waals surface area (Å²) in [6.45, 7) is 3.17. The van der Waals surface area contributed by atoms with Gasteiger partial charge in [-0.15, -0.1) is 12.4 Å². The Morgan fingerprint density at radius 3 is 2.65 bits per heavy atom. The molecule has 5 rings (SSSR count). The lowest BCUT2D eigenvalue weighted by atomic mass is 9.81. The van der Waals surface area contributed by atoms with Crippen LogP contribution < -0.4 is 20.9 Å². The molecule has 31 heavy (non-hydrogen) atoms. The molecule has 0 saturated heterocycles. The summed E-state index contributed by atoms with van der Waals surface area (Å²) >= 11 is 0. The molecule has 2 aromatic rings. The van der Waals surface area contributed by atoms with E-state index < -0.39 is 0 Å². The van der Waals surface area contributed by atoms with E-state index in [0.717, 1.165) is 53.9 Å². The number of nitrogens with one attached hydrogen (secondary N) is 3. The van der Waals surface area contributed by atoms with Crippen molar-refractivity contribution in [3.63, 3.8) is 0 Å². The van der Waals surface area contributed by atoms with Crippen molar-refractivity contribution in [3.05, 3.63) is 52.6 Å². The molecule has 3 aliphatic rings. The van der Waals surface area contributed by atoms with Crippen LogP contribution in [-0.2, 0) is 24.0 Å². The molecule has 7 heteroatoms. The van der Waals surface area contributed by atoms with Crippen LogP contribution in [0.15, 0.2) is 30.3 Å². The lowest BCUT2D eigenvalue weighted by Crippen LogP contribution is -2.43. The second-order valence-electron chi connectivity index (χ2n) is 8.88. The molecule has 1 aliphatic carbocycles. The summed E-state index contributed by atoms with van der Waals surface area (Å²) in [7, 11) is 3.72. The summed E-state index contributed by atoms with van der Waals surface area (Å²) < 4.78 is 5.09. The van der Waals surface area contributed by atoms with Crippen LogP contribution in [0.3, 0.4) is 0 Å². The fourth-order valence-corrected chi connectivity index (χ4v) is 5.26. The van der Waals surface area contributed by atoms with Crippen molar-refractivity contribution in [1.29, 1.82) is 0 Å². The van der Waals surface area contributed by atoms with Crippen molar-refractivity contribution in [2.75, 3.05) is 42.8 Å². The van der Waals surface area contributed by atoms with Gasteiger partial charge in [0.05, 0.1) is 29.8 Å². The van der Waals surface area contributed by atoms with Gasteiger partial charge in [0.15, 0.2) is 0 Å². The summed E-state index contributed by atoms with van der Waals surface area (Å²) in [5, 5.41) is 10.6. The summed E-state index contributed by atoms with van der Waals surface area (Å²) in [5.41, 5.74) is 8.14. The molecule has 0 radical (unpaired) electrons. The fraction of sp³-hybridized carbons (Fsp3) is 0.458. The van der Waals surface area contributed by atoms with Crippen LogP contribution in [0.25, 0.3) is 0 Å². The molecule has 2 aromatic carbocycles. The number of hydrogen-bond acceptors (Lipinski definition) is 5. The molecule has 0 aromatic heterocycles. The number of carbonyl (C=O) groups is 1. The van der Waals surface area contributed by atoms with Gasteiger partial charge >= 0.3 is 0 Å². The smallest absolute Gasteiger partial charge is 0.251 e. The topological polar surface area (TPSA) is 65.6 Å². The highest BCUT2D eigenvalue weighted by Gasteiger charge is 2.42. The largest absolute Gasteiger partial charge is 0.383 e. The highest BCUT2D eigenvalue weighted by molar-refractivity contribution is 6.03. The maximum Gasteiger partial charge on any atom is 0.251 e. The van der Waals surface area contributed by atoms with E-state index in [0.29, 0.717) is 13.2 Å². The van der Waals surface area contributed by atoms with Gasteiger partial charge in [0.1, 0.15) is 0 Å². The number of fused-ring (bicyclic) bond motifs is 4. The number of methoxy groups -OCH3 is 1. The molecule has 2 heterocycles. The van der Waals surface area contributed by atoms with E-state index in [9.17, 15) is 4.79 Å². The number of carbonyl (C=O) groups excluding carboxylic acids is 1. The van der Waals surface area contributed by atoms with Gasteiger partial charge in [-0.3, -0.25) is 4.79 Å². The van der Waals surface area contributed by atoms with E-state index in [1.54, 1.807) is 7.11 Å². The lowest BCUT2D eigenvalue weighted by molar-refractivity contribution is 0.0936. The van der Waals surface area contributed by atoms with Crippen molar-refractivity contribution in [2.45, 2.75) is 44.3 Å². The van der Waals surface area contributed by atoms with E-state index in [1.165, 1.54) is 11.1 Å². The molecular weight excluding hydrogens is 412 g/mol. The SMILES string of the molecule is COCCNC(=O)c1cc2c(c3c1CCC1(Cc4ccccc4C1)N3)NC(C)N2C.Cl. The number of anilines is 3. The van der Waals surface area contributed by atoms with Crippen LogP contribution in [0.1, 0.15) is 40.4 Å². The van der Waals surface area contributed by atoms with Crippen LogP contribution >= 0.6 is 12.4 Å². The quantitative estimate of drug-likeness (QED) is 0.631. The molecule has 0 fully saturated rings. The van der Waals surface area contributed by atoms with E-state index in [1.807, 2.05) is 0 Å². The molecule has 0 saturated carbocycles. The molecule has 1 unspecified atom stereocenters. The van der Waals surface area contributed by atoms with Gasteiger partial charge in [-0.25, -0.2) is 0 Å². The third-order valence-electron chi connectivity index (χ3n) is 6.98. The molecule has 2 aliphatic heterocycles. The minimum Gasteiger partial charge on any atom is -0.383 e. The predicted octanol–water partition coefficient (Wildman–Crippen LogP) is 3.59. The van der Waals surface area contributed by atoms with Gasteiger partial charge in [-0.2, -0.15) is 0 Å². The molecular formula is C24H31ClN4O2. The minimum absolute atomic E-state index is 0. The first-order valence-corrected chi connectivity index (χ1v) is 10.8. The van der Waals surface area contributed by atoms with Crippen LogP contribution in [-0.4, -0.2) is 44.9 Å². The Bertz CT molecular complexity index is 984. The molecule has 1 spiro atoms. The van der Waals surface area contributed by atoms with E-state index in [-0.39, 0.29) is 30.0 Å². The normalized spacial score (nSPS) is 19.6. The van der Waals surface area contributed by atoms with Gasteiger partial charge in [-0.1, -0.05) is 24.3 Å². The Morgan fingerprint density at radius 2 is 1.97 bits per heavy atom. The maximum atomic E-state index is 13.0. The summed E-state index contributed by atoms with van der Waals surface area (Å²) in [5.74, 6) is -0.0217. The molecule has 3 N–H and O–H groups in total. The van der Waals surface area contributed by atoms with Crippen LogP contribution in [0.2, 0.25) is 0 Å². The monoisotopic (exact) mass is 442 g/mol.